The van der Waals surface area contributed by atoms with Crippen molar-refractivity contribution in [1.82, 2.24) is 9.88 Å². The van der Waals surface area contributed by atoms with Gasteiger partial charge in [0, 0.05) is 16.9 Å². The van der Waals surface area contributed by atoms with E-state index in [1.165, 1.54) is 10.6 Å². The molecule has 0 radical (unpaired) electrons. The minimum absolute atomic E-state index is 0.511. The lowest BCUT2D eigenvalue weighted by molar-refractivity contribution is 0.319. The molecule has 0 aliphatic rings. The highest BCUT2D eigenvalue weighted by atomic mass is 35.5. The molecular formula is C16H20Cl2N2S. The van der Waals surface area contributed by atoms with Gasteiger partial charge in [0.25, 0.3) is 0 Å². The van der Waals surface area contributed by atoms with Crippen molar-refractivity contribution >= 4 is 34.5 Å². The number of nitrogens with zero attached hydrogens (tertiary/aromatic N) is 2. The lowest BCUT2D eigenvalue weighted by Gasteiger charge is -2.17. The summed E-state index contributed by atoms with van der Waals surface area (Å²) in [4.78, 5) is 6.79. The van der Waals surface area contributed by atoms with Gasteiger partial charge in [-0.25, -0.2) is 4.98 Å². The lowest BCUT2D eigenvalue weighted by Crippen LogP contribution is -2.19. The second-order valence-corrected chi connectivity index (χ2v) is 6.77. The third-order valence-electron chi connectivity index (χ3n) is 3.31. The van der Waals surface area contributed by atoms with E-state index >= 15 is 0 Å². The molecule has 0 spiro atoms. The molecule has 114 valence electrons. The van der Waals surface area contributed by atoms with Crippen LogP contribution in [0.2, 0.25) is 5.02 Å². The number of hydrogen-bond acceptors (Lipinski definition) is 3. The number of unbranched alkanes of at least 4 members (excludes halogenated alkanes) is 1. The molecule has 21 heavy (non-hydrogen) atoms. The number of alkyl halides is 1. The maximum atomic E-state index is 6.18. The number of benzene rings is 1. The summed E-state index contributed by atoms with van der Waals surface area (Å²) < 4.78 is 0. The summed E-state index contributed by atoms with van der Waals surface area (Å²) in [7, 11) is 2.14. The van der Waals surface area contributed by atoms with Gasteiger partial charge < -0.3 is 4.90 Å². The third kappa shape index (κ3) is 5.59. The van der Waals surface area contributed by atoms with Crippen LogP contribution in [-0.2, 0) is 18.8 Å². The van der Waals surface area contributed by atoms with E-state index in [0.29, 0.717) is 5.88 Å². The molecule has 0 saturated heterocycles. The Morgan fingerprint density at radius 2 is 2.05 bits per heavy atom. The Morgan fingerprint density at radius 1 is 1.24 bits per heavy atom. The summed E-state index contributed by atoms with van der Waals surface area (Å²) in [6, 6.07) is 8.03. The molecule has 1 heterocycles. The van der Waals surface area contributed by atoms with Crippen LogP contribution < -0.4 is 0 Å². The predicted molar refractivity (Wildman–Crippen MR) is 92.4 cm³/mol. The van der Waals surface area contributed by atoms with Crippen LogP contribution in [0.3, 0.4) is 0 Å². The van der Waals surface area contributed by atoms with Crippen LogP contribution in [0.4, 0.5) is 0 Å². The summed E-state index contributed by atoms with van der Waals surface area (Å²) in [5.74, 6) is 0.511. The SMILES string of the molecule is CN(CCCCc1nc(CCl)cs1)Cc1ccccc1Cl. The van der Waals surface area contributed by atoms with E-state index in [-0.39, 0.29) is 0 Å². The Morgan fingerprint density at radius 3 is 2.76 bits per heavy atom. The molecule has 0 saturated carbocycles. The zero-order valence-electron chi connectivity index (χ0n) is 12.2. The van der Waals surface area contributed by atoms with Crippen LogP contribution in [0.1, 0.15) is 29.1 Å². The highest BCUT2D eigenvalue weighted by Gasteiger charge is 2.05. The molecule has 0 aliphatic heterocycles. The molecule has 5 heteroatoms. The molecule has 0 atom stereocenters. The van der Waals surface area contributed by atoms with Gasteiger partial charge in [-0.15, -0.1) is 22.9 Å². The van der Waals surface area contributed by atoms with Crippen LogP contribution in [0.5, 0.6) is 0 Å². The second-order valence-electron chi connectivity index (χ2n) is 5.15. The first-order chi connectivity index (χ1) is 10.2. The van der Waals surface area contributed by atoms with Gasteiger partial charge in [-0.3, -0.25) is 0 Å². The zero-order chi connectivity index (χ0) is 15.1. The van der Waals surface area contributed by atoms with Crippen molar-refractivity contribution < 1.29 is 0 Å². The molecule has 0 unspecified atom stereocenters. The van der Waals surface area contributed by atoms with Crippen molar-refractivity contribution in [2.24, 2.45) is 0 Å². The molecule has 1 aromatic heterocycles. The number of thiazole rings is 1. The number of aryl methyl sites for hydroxylation is 1. The third-order valence-corrected chi connectivity index (χ3v) is 4.91. The van der Waals surface area contributed by atoms with E-state index in [9.17, 15) is 0 Å². The van der Waals surface area contributed by atoms with Crippen molar-refractivity contribution in [2.45, 2.75) is 31.7 Å². The fraction of sp³-hybridized carbons (Fsp3) is 0.438. The summed E-state index contributed by atoms with van der Waals surface area (Å²) in [5.41, 5.74) is 2.18. The minimum Gasteiger partial charge on any atom is -0.302 e. The van der Waals surface area contributed by atoms with Crippen molar-refractivity contribution in [3.8, 4) is 0 Å². The molecule has 0 fully saturated rings. The van der Waals surface area contributed by atoms with Crippen molar-refractivity contribution in [3.63, 3.8) is 0 Å². The van der Waals surface area contributed by atoms with Gasteiger partial charge >= 0.3 is 0 Å². The van der Waals surface area contributed by atoms with Gasteiger partial charge in [0.1, 0.15) is 0 Å². The Labute approximate surface area is 140 Å². The fourth-order valence-electron chi connectivity index (χ4n) is 2.18. The number of halogens is 2. The standard InChI is InChI=1S/C16H20Cl2N2S/c1-20(11-13-6-2-3-7-15(13)18)9-5-4-8-16-19-14(10-17)12-21-16/h2-3,6-7,12H,4-5,8-11H2,1H3. The maximum Gasteiger partial charge on any atom is 0.0928 e. The van der Waals surface area contributed by atoms with Gasteiger partial charge in [-0.1, -0.05) is 29.8 Å². The largest absolute Gasteiger partial charge is 0.302 e. The fourth-order valence-corrected chi connectivity index (χ4v) is 3.44. The number of hydrogen-bond donors (Lipinski definition) is 0. The summed E-state index contributed by atoms with van der Waals surface area (Å²) in [5, 5.41) is 4.09. The van der Waals surface area contributed by atoms with Gasteiger partial charge in [0.15, 0.2) is 0 Å². The molecule has 2 rings (SSSR count). The van der Waals surface area contributed by atoms with Crippen molar-refractivity contribution in [3.05, 3.63) is 50.9 Å². The van der Waals surface area contributed by atoms with Crippen LogP contribution in [-0.4, -0.2) is 23.5 Å². The highest BCUT2D eigenvalue weighted by molar-refractivity contribution is 7.09. The predicted octanol–water partition coefficient (Wildman–Crippen LogP) is 4.99. The molecule has 0 amide bonds. The monoisotopic (exact) mass is 342 g/mol. The van der Waals surface area contributed by atoms with Gasteiger partial charge in [0.05, 0.1) is 16.6 Å². The Kier molecular flexibility index (Phi) is 6.97. The topological polar surface area (TPSA) is 16.1 Å². The molecule has 0 aliphatic carbocycles. The van der Waals surface area contributed by atoms with E-state index in [1.54, 1.807) is 11.3 Å². The average molecular weight is 343 g/mol. The number of aromatic nitrogens is 1. The Bertz CT molecular complexity index is 557. The van der Waals surface area contributed by atoms with E-state index < -0.39 is 0 Å². The lowest BCUT2D eigenvalue weighted by atomic mass is 10.2. The first kappa shape index (κ1) is 16.8. The first-order valence-electron chi connectivity index (χ1n) is 7.10. The van der Waals surface area contributed by atoms with Crippen LogP contribution in [0.25, 0.3) is 0 Å². The Hall–Kier alpha value is -0.610. The van der Waals surface area contributed by atoms with E-state index in [1.807, 2.05) is 23.6 Å². The quantitative estimate of drug-likeness (QED) is 0.496. The van der Waals surface area contributed by atoms with Crippen LogP contribution in [0.15, 0.2) is 29.6 Å². The molecule has 0 N–H and O–H groups in total. The Balaban J connectivity index is 1.67. The van der Waals surface area contributed by atoms with Crippen molar-refractivity contribution in [1.29, 1.82) is 0 Å². The molecule has 1 aromatic carbocycles. The zero-order valence-corrected chi connectivity index (χ0v) is 14.5. The first-order valence-corrected chi connectivity index (χ1v) is 8.89. The van der Waals surface area contributed by atoms with Crippen molar-refractivity contribution in [2.75, 3.05) is 13.6 Å². The van der Waals surface area contributed by atoms with Crippen LogP contribution >= 0.6 is 34.5 Å². The van der Waals surface area contributed by atoms with Gasteiger partial charge in [0.2, 0.25) is 0 Å². The number of rotatable bonds is 8. The maximum absolute atomic E-state index is 6.18. The normalized spacial score (nSPS) is 11.2. The van der Waals surface area contributed by atoms with E-state index in [0.717, 1.165) is 43.1 Å². The highest BCUT2D eigenvalue weighted by Crippen LogP contribution is 2.17. The molecule has 2 nitrogen and oxygen atoms in total. The molecule has 0 bridgehead atoms. The summed E-state index contributed by atoms with van der Waals surface area (Å²) in [6.45, 7) is 1.96. The van der Waals surface area contributed by atoms with E-state index in [4.69, 9.17) is 23.2 Å². The molecule has 2 aromatic rings. The minimum atomic E-state index is 0.511. The van der Waals surface area contributed by atoms with E-state index in [2.05, 4.69) is 23.0 Å². The second kappa shape index (κ2) is 8.74. The summed E-state index contributed by atoms with van der Waals surface area (Å²) >= 11 is 13.7. The summed E-state index contributed by atoms with van der Waals surface area (Å²) in [6.07, 6.45) is 3.36. The van der Waals surface area contributed by atoms with Gasteiger partial charge in [-0.05, 0) is 44.5 Å². The average Bonchev–Trinajstić information content (AvgIpc) is 2.94. The molecular weight excluding hydrogens is 323 g/mol. The smallest absolute Gasteiger partial charge is 0.0928 e. The van der Waals surface area contributed by atoms with Crippen LogP contribution in [0, 0.1) is 0 Å². The van der Waals surface area contributed by atoms with Gasteiger partial charge in [-0.2, -0.15) is 0 Å².